The molecule has 1 rings (SSSR count). The van der Waals surface area contributed by atoms with Crippen LogP contribution in [0.1, 0.15) is 40.2 Å². The average molecular weight is 324 g/mol. The minimum absolute atomic E-state index is 0.0494. The van der Waals surface area contributed by atoms with Gasteiger partial charge in [-0.3, -0.25) is 0 Å². The Morgan fingerprint density at radius 1 is 1.17 bits per heavy atom. The van der Waals surface area contributed by atoms with Crippen molar-refractivity contribution in [1.82, 2.24) is 0 Å². The van der Waals surface area contributed by atoms with Gasteiger partial charge in [0.2, 0.25) is 0 Å². The Balaban J connectivity index is 2.81. The SMILES string of the molecule is CC[N+](C)(CC)C[C@@H](O)COc1ccc(OC)cc1C(C)(C)C. The predicted octanol–water partition coefficient (Wildman–Crippen LogP) is 3.22. The molecule has 0 aliphatic heterocycles. The number of aliphatic hydroxyl groups excluding tert-OH is 1. The van der Waals surface area contributed by atoms with Crippen LogP contribution in [0.4, 0.5) is 0 Å². The van der Waals surface area contributed by atoms with Crippen molar-refractivity contribution in [2.24, 2.45) is 0 Å². The number of aliphatic hydroxyl groups is 1. The van der Waals surface area contributed by atoms with Crippen molar-refractivity contribution in [3.8, 4) is 11.5 Å². The lowest BCUT2D eigenvalue weighted by molar-refractivity contribution is -0.909. The van der Waals surface area contributed by atoms with Crippen LogP contribution in [0.25, 0.3) is 0 Å². The Kier molecular flexibility index (Phi) is 6.90. The van der Waals surface area contributed by atoms with Crippen molar-refractivity contribution in [3.63, 3.8) is 0 Å². The van der Waals surface area contributed by atoms with Crippen LogP contribution in [-0.2, 0) is 5.41 Å². The van der Waals surface area contributed by atoms with Crippen molar-refractivity contribution in [2.45, 2.75) is 46.1 Å². The van der Waals surface area contributed by atoms with Crippen LogP contribution in [0, 0.1) is 0 Å². The van der Waals surface area contributed by atoms with Crippen LogP contribution >= 0.6 is 0 Å². The number of methoxy groups -OCH3 is 1. The van der Waals surface area contributed by atoms with Crippen LogP contribution < -0.4 is 9.47 Å². The molecule has 1 atom stereocenters. The zero-order valence-corrected chi connectivity index (χ0v) is 15.8. The molecule has 0 bridgehead atoms. The lowest BCUT2D eigenvalue weighted by atomic mass is 9.86. The maximum atomic E-state index is 10.3. The molecule has 0 aliphatic carbocycles. The highest BCUT2D eigenvalue weighted by atomic mass is 16.5. The molecule has 0 saturated heterocycles. The Morgan fingerprint density at radius 2 is 1.78 bits per heavy atom. The summed E-state index contributed by atoms with van der Waals surface area (Å²) in [6, 6.07) is 5.84. The third-order valence-electron chi connectivity index (χ3n) is 4.60. The fourth-order valence-electron chi connectivity index (χ4n) is 2.58. The summed E-state index contributed by atoms with van der Waals surface area (Å²) < 4.78 is 12.1. The summed E-state index contributed by atoms with van der Waals surface area (Å²) in [5.41, 5.74) is 1.04. The number of ether oxygens (including phenoxy) is 2. The minimum Gasteiger partial charge on any atom is -0.497 e. The van der Waals surface area contributed by atoms with Gasteiger partial charge in [-0.1, -0.05) is 20.8 Å². The number of hydrogen-bond acceptors (Lipinski definition) is 3. The molecule has 132 valence electrons. The summed E-state index contributed by atoms with van der Waals surface area (Å²) in [5.74, 6) is 1.64. The summed E-state index contributed by atoms with van der Waals surface area (Å²) in [7, 11) is 3.83. The molecule has 0 spiro atoms. The van der Waals surface area contributed by atoms with E-state index in [1.54, 1.807) is 7.11 Å². The van der Waals surface area contributed by atoms with E-state index < -0.39 is 6.10 Å². The molecule has 1 N–H and O–H groups in total. The Labute approximate surface area is 141 Å². The fraction of sp³-hybridized carbons (Fsp3) is 0.684. The number of quaternary nitrogens is 1. The molecule has 4 heteroatoms. The highest BCUT2D eigenvalue weighted by Gasteiger charge is 2.24. The van der Waals surface area contributed by atoms with Gasteiger partial charge in [-0.15, -0.1) is 0 Å². The molecule has 1 aromatic rings. The second-order valence-electron chi connectivity index (χ2n) is 7.51. The molecule has 0 aromatic heterocycles. The van der Waals surface area contributed by atoms with Crippen LogP contribution in [0.3, 0.4) is 0 Å². The summed E-state index contributed by atoms with van der Waals surface area (Å²) >= 11 is 0. The van der Waals surface area contributed by atoms with E-state index in [9.17, 15) is 5.11 Å². The quantitative estimate of drug-likeness (QED) is 0.746. The number of rotatable bonds is 8. The van der Waals surface area contributed by atoms with E-state index in [0.717, 1.165) is 34.6 Å². The van der Waals surface area contributed by atoms with Crippen LogP contribution in [0.15, 0.2) is 18.2 Å². The van der Waals surface area contributed by atoms with Gasteiger partial charge in [-0.25, -0.2) is 0 Å². The molecule has 0 heterocycles. The van der Waals surface area contributed by atoms with E-state index in [0.29, 0.717) is 13.2 Å². The van der Waals surface area contributed by atoms with Crippen molar-refractivity contribution in [1.29, 1.82) is 0 Å². The number of hydrogen-bond donors (Lipinski definition) is 1. The van der Waals surface area contributed by atoms with Crippen molar-refractivity contribution >= 4 is 0 Å². The second-order valence-corrected chi connectivity index (χ2v) is 7.51. The predicted molar refractivity (Wildman–Crippen MR) is 95.3 cm³/mol. The zero-order valence-electron chi connectivity index (χ0n) is 15.8. The number of nitrogens with zero attached hydrogens (tertiary/aromatic N) is 1. The third kappa shape index (κ3) is 5.70. The maximum Gasteiger partial charge on any atom is 0.137 e. The molecular formula is C19H34NO3+. The molecule has 4 nitrogen and oxygen atoms in total. The standard InChI is InChI=1S/C19H34NO3/c1-8-20(6,9-2)13-15(21)14-23-18-11-10-16(22-7)12-17(18)19(3,4)5/h10-12,15,21H,8-9,13-14H2,1-7H3/q+1/t15-/m1/s1. The summed E-state index contributed by atoms with van der Waals surface area (Å²) in [6.45, 7) is 13.8. The first-order valence-corrected chi connectivity index (χ1v) is 8.48. The second kappa shape index (κ2) is 8.02. The fourth-order valence-corrected chi connectivity index (χ4v) is 2.58. The van der Waals surface area contributed by atoms with Gasteiger partial charge in [0.25, 0.3) is 0 Å². The van der Waals surface area contributed by atoms with E-state index in [1.807, 2.05) is 18.2 Å². The van der Waals surface area contributed by atoms with E-state index in [1.165, 1.54) is 0 Å². The average Bonchev–Trinajstić information content (AvgIpc) is 2.51. The van der Waals surface area contributed by atoms with Crippen molar-refractivity contribution in [2.75, 3.05) is 40.4 Å². The summed E-state index contributed by atoms with van der Waals surface area (Å²) in [6.07, 6.45) is -0.477. The third-order valence-corrected chi connectivity index (χ3v) is 4.60. The van der Waals surface area contributed by atoms with Gasteiger partial charge in [-0.05, 0) is 37.5 Å². The topological polar surface area (TPSA) is 38.7 Å². The van der Waals surface area contributed by atoms with Crippen molar-refractivity contribution < 1.29 is 19.1 Å². The zero-order chi connectivity index (χ0) is 17.7. The van der Waals surface area contributed by atoms with Gasteiger partial charge in [0, 0.05) is 5.56 Å². The van der Waals surface area contributed by atoms with E-state index in [-0.39, 0.29) is 5.41 Å². The van der Waals surface area contributed by atoms with Gasteiger partial charge in [0.05, 0.1) is 27.2 Å². The molecule has 0 fully saturated rings. The van der Waals surface area contributed by atoms with E-state index in [4.69, 9.17) is 9.47 Å². The molecule has 0 unspecified atom stereocenters. The van der Waals surface area contributed by atoms with E-state index >= 15 is 0 Å². The first-order valence-electron chi connectivity index (χ1n) is 8.48. The smallest absolute Gasteiger partial charge is 0.137 e. The first-order chi connectivity index (χ1) is 10.6. The monoisotopic (exact) mass is 324 g/mol. The van der Waals surface area contributed by atoms with Crippen LogP contribution in [-0.4, -0.2) is 56.1 Å². The summed E-state index contributed by atoms with van der Waals surface area (Å²) in [4.78, 5) is 0. The normalized spacial score (nSPS) is 13.7. The van der Waals surface area contributed by atoms with Gasteiger partial charge >= 0.3 is 0 Å². The number of likely N-dealkylation sites (N-methyl/N-ethyl adjacent to an activating group) is 1. The molecule has 1 aromatic carbocycles. The van der Waals surface area contributed by atoms with Crippen molar-refractivity contribution in [3.05, 3.63) is 23.8 Å². The van der Waals surface area contributed by atoms with Gasteiger partial charge in [0.1, 0.15) is 30.8 Å². The Morgan fingerprint density at radius 3 is 2.26 bits per heavy atom. The molecule has 23 heavy (non-hydrogen) atoms. The minimum atomic E-state index is -0.477. The highest BCUT2D eigenvalue weighted by Crippen LogP contribution is 2.34. The maximum absolute atomic E-state index is 10.3. The molecule has 0 saturated carbocycles. The van der Waals surface area contributed by atoms with Gasteiger partial charge < -0.3 is 19.1 Å². The van der Waals surface area contributed by atoms with Crippen LogP contribution in [0.2, 0.25) is 0 Å². The molecule has 0 amide bonds. The Hall–Kier alpha value is -1.26. The largest absolute Gasteiger partial charge is 0.497 e. The van der Waals surface area contributed by atoms with E-state index in [2.05, 4.69) is 41.7 Å². The Bertz CT molecular complexity index is 490. The lowest BCUT2D eigenvalue weighted by Crippen LogP contribution is -2.49. The van der Waals surface area contributed by atoms with Gasteiger partial charge in [0.15, 0.2) is 0 Å². The molecular weight excluding hydrogens is 290 g/mol. The van der Waals surface area contributed by atoms with Crippen LogP contribution in [0.5, 0.6) is 11.5 Å². The highest BCUT2D eigenvalue weighted by molar-refractivity contribution is 5.44. The lowest BCUT2D eigenvalue weighted by Gasteiger charge is -2.34. The molecule has 0 radical (unpaired) electrons. The first kappa shape index (κ1) is 19.8. The van der Waals surface area contributed by atoms with Gasteiger partial charge in [-0.2, -0.15) is 0 Å². The summed E-state index contributed by atoms with van der Waals surface area (Å²) in [5, 5.41) is 10.3. The number of benzene rings is 1. The molecule has 0 aliphatic rings.